The SMILES string of the molecule is CCS(=O)CCNC1CCCOCC1. The Bertz CT molecular complexity index is 168. The van der Waals surface area contributed by atoms with Gasteiger partial charge in [0.15, 0.2) is 0 Å². The molecule has 0 aliphatic carbocycles. The van der Waals surface area contributed by atoms with Crippen LogP contribution in [0.3, 0.4) is 0 Å². The van der Waals surface area contributed by atoms with Crippen LogP contribution < -0.4 is 5.32 Å². The van der Waals surface area contributed by atoms with Gasteiger partial charge in [-0.05, 0) is 19.3 Å². The van der Waals surface area contributed by atoms with Gasteiger partial charge in [0.05, 0.1) is 0 Å². The maximum absolute atomic E-state index is 11.2. The molecule has 2 atom stereocenters. The molecule has 0 aromatic rings. The van der Waals surface area contributed by atoms with Gasteiger partial charge in [-0.15, -0.1) is 0 Å². The molecule has 0 bridgehead atoms. The standard InChI is InChI=1S/C10H21NO2S/c1-2-14(12)9-6-11-10-4-3-7-13-8-5-10/h10-11H,2-9H2,1H3. The summed E-state index contributed by atoms with van der Waals surface area (Å²) in [6.45, 7) is 4.62. The first-order valence-corrected chi connectivity index (χ1v) is 6.98. The van der Waals surface area contributed by atoms with E-state index in [1.165, 1.54) is 6.42 Å². The van der Waals surface area contributed by atoms with E-state index >= 15 is 0 Å². The molecule has 0 amide bonds. The minimum Gasteiger partial charge on any atom is -0.381 e. The smallest absolute Gasteiger partial charge is 0.0480 e. The molecule has 14 heavy (non-hydrogen) atoms. The van der Waals surface area contributed by atoms with Crippen molar-refractivity contribution in [2.24, 2.45) is 0 Å². The Labute approximate surface area is 89.1 Å². The molecule has 1 N–H and O–H groups in total. The highest BCUT2D eigenvalue weighted by atomic mass is 32.2. The fraction of sp³-hybridized carbons (Fsp3) is 1.00. The molecule has 1 aliphatic heterocycles. The Morgan fingerprint density at radius 2 is 2.29 bits per heavy atom. The average Bonchev–Trinajstić information content (AvgIpc) is 2.46. The normalized spacial score (nSPS) is 25.6. The molecule has 0 radical (unpaired) electrons. The van der Waals surface area contributed by atoms with Crippen molar-refractivity contribution < 1.29 is 8.95 Å². The van der Waals surface area contributed by atoms with Gasteiger partial charge in [-0.2, -0.15) is 0 Å². The van der Waals surface area contributed by atoms with Crippen molar-refractivity contribution in [3.05, 3.63) is 0 Å². The number of ether oxygens (including phenoxy) is 1. The Hall–Kier alpha value is 0.0700. The molecule has 0 saturated carbocycles. The van der Waals surface area contributed by atoms with Gasteiger partial charge in [-0.25, -0.2) is 0 Å². The fourth-order valence-corrected chi connectivity index (χ4v) is 2.26. The lowest BCUT2D eigenvalue weighted by molar-refractivity contribution is 0.142. The highest BCUT2D eigenvalue weighted by Gasteiger charge is 2.11. The molecule has 0 aromatic carbocycles. The van der Waals surface area contributed by atoms with Gasteiger partial charge in [-0.1, -0.05) is 6.92 Å². The van der Waals surface area contributed by atoms with Crippen LogP contribution in [0.1, 0.15) is 26.2 Å². The summed E-state index contributed by atoms with van der Waals surface area (Å²) in [5, 5.41) is 3.45. The summed E-state index contributed by atoms with van der Waals surface area (Å²) in [7, 11) is -0.629. The molecular weight excluding hydrogens is 198 g/mol. The van der Waals surface area contributed by atoms with E-state index < -0.39 is 10.8 Å². The Morgan fingerprint density at radius 3 is 3.07 bits per heavy atom. The second kappa shape index (κ2) is 7.37. The summed E-state index contributed by atoms with van der Waals surface area (Å²) in [5.41, 5.74) is 0. The van der Waals surface area contributed by atoms with Crippen molar-refractivity contribution in [1.29, 1.82) is 0 Å². The summed E-state index contributed by atoms with van der Waals surface area (Å²) >= 11 is 0. The zero-order chi connectivity index (χ0) is 10.2. The molecule has 2 unspecified atom stereocenters. The van der Waals surface area contributed by atoms with E-state index in [0.717, 1.165) is 44.1 Å². The van der Waals surface area contributed by atoms with Gasteiger partial charge in [0.1, 0.15) is 0 Å². The van der Waals surface area contributed by atoms with E-state index in [-0.39, 0.29) is 0 Å². The van der Waals surface area contributed by atoms with Crippen molar-refractivity contribution in [2.45, 2.75) is 32.2 Å². The van der Waals surface area contributed by atoms with Crippen LogP contribution in [-0.4, -0.2) is 41.5 Å². The largest absolute Gasteiger partial charge is 0.381 e. The maximum atomic E-state index is 11.2. The van der Waals surface area contributed by atoms with Gasteiger partial charge >= 0.3 is 0 Å². The zero-order valence-corrected chi connectivity index (χ0v) is 9.78. The van der Waals surface area contributed by atoms with Gasteiger partial charge < -0.3 is 10.1 Å². The lowest BCUT2D eigenvalue weighted by Crippen LogP contribution is -2.32. The first-order chi connectivity index (χ1) is 6.83. The second-order valence-corrected chi connectivity index (χ2v) is 5.49. The number of rotatable bonds is 5. The van der Waals surface area contributed by atoms with Crippen molar-refractivity contribution in [3.63, 3.8) is 0 Å². The number of nitrogens with one attached hydrogen (secondary N) is 1. The Kier molecular flexibility index (Phi) is 6.39. The third kappa shape index (κ3) is 5.08. The van der Waals surface area contributed by atoms with E-state index in [1.54, 1.807) is 0 Å². The van der Waals surface area contributed by atoms with Crippen molar-refractivity contribution in [3.8, 4) is 0 Å². The lowest BCUT2D eigenvalue weighted by Gasteiger charge is -2.14. The molecule has 4 heteroatoms. The molecule has 0 aromatic heterocycles. The summed E-state index contributed by atoms with van der Waals surface area (Å²) in [4.78, 5) is 0. The molecular formula is C10H21NO2S. The number of hydrogen-bond donors (Lipinski definition) is 1. The molecule has 3 nitrogen and oxygen atoms in total. The minimum atomic E-state index is -0.629. The van der Waals surface area contributed by atoms with E-state index in [9.17, 15) is 4.21 Å². The first kappa shape index (κ1) is 12.1. The van der Waals surface area contributed by atoms with Gasteiger partial charge in [0, 0.05) is 48.1 Å². The highest BCUT2D eigenvalue weighted by molar-refractivity contribution is 7.84. The van der Waals surface area contributed by atoms with Crippen molar-refractivity contribution in [1.82, 2.24) is 5.32 Å². The monoisotopic (exact) mass is 219 g/mol. The summed E-state index contributed by atoms with van der Waals surface area (Å²) in [6.07, 6.45) is 3.44. The molecule has 1 heterocycles. The number of hydrogen-bond acceptors (Lipinski definition) is 3. The lowest BCUT2D eigenvalue weighted by atomic mass is 10.1. The molecule has 1 aliphatic rings. The quantitative estimate of drug-likeness (QED) is 0.747. The summed E-state index contributed by atoms with van der Waals surface area (Å²) in [5.74, 6) is 1.56. The van der Waals surface area contributed by atoms with E-state index in [4.69, 9.17) is 4.74 Å². The topological polar surface area (TPSA) is 38.3 Å². The van der Waals surface area contributed by atoms with Crippen LogP contribution in [0, 0.1) is 0 Å². The van der Waals surface area contributed by atoms with Crippen LogP contribution in [0.5, 0.6) is 0 Å². The molecule has 1 saturated heterocycles. The average molecular weight is 219 g/mol. The van der Waals surface area contributed by atoms with E-state index in [2.05, 4.69) is 5.32 Å². The fourth-order valence-electron chi connectivity index (χ4n) is 1.63. The van der Waals surface area contributed by atoms with Crippen LogP contribution in [0.4, 0.5) is 0 Å². The summed E-state index contributed by atoms with van der Waals surface area (Å²) in [6, 6.07) is 0.575. The summed E-state index contributed by atoms with van der Waals surface area (Å²) < 4.78 is 16.5. The minimum absolute atomic E-state index is 0.575. The van der Waals surface area contributed by atoms with E-state index in [1.807, 2.05) is 6.92 Å². The van der Waals surface area contributed by atoms with Crippen LogP contribution >= 0.6 is 0 Å². The van der Waals surface area contributed by atoms with Crippen LogP contribution in [-0.2, 0) is 15.5 Å². The van der Waals surface area contributed by atoms with Crippen molar-refractivity contribution in [2.75, 3.05) is 31.3 Å². The highest BCUT2D eigenvalue weighted by Crippen LogP contribution is 2.07. The second-order valence-electron chi connectivity index (χ2n) is 3.63. The molecule has 84 valence electrons. The maximum Gasteiger partial charge on any atom is 0.0480 e. The zero-order valence-electron chi connectivity index (χ0n) is 8.96. The third-order valence-electron chi connectivity index (χ3n) is 2.54. The van der Waals surface area contributed by atoms with Gasteiger partial charge in [-0.3, -0.25) is 4.21 Å². The molecule has 1 fully saturated rings. The Morgan fingerprint density at radius 1 is 1.43 bits per heavy atom. The Balaban J connectivity index is 2.07. The van der Waals surface area contributed by atoms with E-state index in [0.29, 0.717) is 6.04 Å². The van der Waals surface area contributed by atoms with Crippen LogP contribution in [0.2, 0.25) is 0 Å². The predicted molar refractivity (Wildman–Crippen MR) is 60.0 cm³/mol. The third-order valence-corrected chi connectivity index (χ3v) is 3.84. The van der Waals surface area contributed by atoms with Crippen molar-refractivity contribution >= 4 is 10.8 Å². The van der Waals surface area contributed by atoms with Crippen LogP contribution in [0.15, 0.2) is 0 Å². The molecule has 1 rings (SSSR count). The molecule has 0 spiro atoms. The van der Waals surface area contributed by atoms with Crippen LogP contribution in [0.25, 0.3) is 0 Å². The van der Waals surface area contributed by atoms with Gasteiger partial charge in [0.2, 0.25) is 0 Å². The first-order valence-electron chi connectivity index (χ1n) is 5.49. The predicted octanol–water partition coefficient (Wildman–Crippen LogP) is 0.914. The van der Waals surface area contributed by atoms with Gasteiger partial charge in [0.25, 0.3) is 0 Å².